The van der Waals surface area contributed by atoms with Crippen LogP contribution in [0.25, 0.3) is 0 Å². The van der Waals surface area contributed by atoms with Crippen molar-refractivity contribution >= 4 is 17.6 Å². The van der Waals surface area contributed by atoms with Crippen LogP contribution in [0.5, 0.6) is 0 Å². The maximum absolute atomic E-state index is 11.4. The van der Waals surface area contributed by atoms with Crippen molar-refractivity contribution < 1.29 is 9.59 Å². The lowest BCUT2D eigenvalue weighted by molar-refractivity contribution is -0.125. The van der Waals surface area contributed by atoms with Gasteiger partial charge in [0.05, 0.1) is 6.54 Å². The number of urea groups is 1. The quantitative estimate of drug-likeness (QED) is 0.820. The number of benzene rings is 1. The van der Waals surface area contributed by atoms with Crippen molar-refractivity contribution in [3.05, 3.63) is 29.8 Å². The molecule has 1 saturated heterocycles. The predicted molar refractivity (Wildman–Crippen MR) is 72.1 cm³/mol. The van der Waals surface area contributed by atoms with Crippen LogP contribution in [0.2, 0.25) is 0 Å². The molecule has 19 heavy (non-hydrogen) atoms. The third-order valence-electron chi connectivity index (χ3n) is 3.73. The maximum atomic E-state index is 11.4. The lowest BCUT2D eigenvalue weighted by atomic mass is 10.2. The van der Waals surface area contributed by atoms with Crippen LogP contribution in [0.15, 0.2) is 24.3 Å². The number of carbonyl (C=O) groups is 2. The van der Waals surface area contributed by atoms with Gasteiger partial charge in [-0.25, -0.2) is 4.79 Å². The number of nitrogens with one attached hydrogen (secondary N) is 1. The zero-order chi connectivity index (χ0) is 13.2. The van der Waals surface area contributed by atoms with E-state index in [4.69, 9.17) is 0 Å². The summed E-state index contributed by atoms with van der Waals surface area (Å²) in [7, 11) is 0. The van der Waals surface area contributed by atoms with Gasteiger partial charge in [0, 0.05) is 25.3 Å². The molecule has 0 aliphatic carbocycles. The summed E-state index contributed by atoms with van der Waals surface area (Å²) in [5.41, 5.74) is 2.68. The van der Waals surface area contributed by atoms with E-state index >= 15 is 0 Å². The van der Waals surface area contributed by atoms with E-state index in [0.717, 1.165) is 25.9 Å². The second kappa shape index (κ2) is 4.91. The Balaban J connectivity index is 1.54. The standard InChI is InChI=1S/C14H17N3O2/c18-13-10-15-14(19)17(13)8-3-7-16-9-6-11-4-1-2-5-12(11)16/h1-2,4-5H,3,6-10H2,(H,15,19). The Bertz CT molecular complexity index is 499. The summed E-state index contributed by atoms with van der Waals surface area (Å²) >= 11 is 0. The lowest BCUT2D eigenvalue weighted by Gasteiger charge is -2.20. The molecule has 1 fully saturated rings. The number of anilines is 1. The first-order valence-corrected chi connectivity index (χ1v) is 6.67. The van der Waals surface area contributed by atoms with E-state index in [1.165, 1.54) is 16.2 Å². The number of imide groups is 1. The number of hydrogen-bond donors (Lipinski definition) is 1. The van der Waals surface area contributed by atoms with Crippen LogP contribution >= 0.6 is 0 Å². The minimum Gasteiger partial charge on any atom is -0.371 e. The summed E-state index contributed by atoms with van der Waals surface area (Å²) in [6.07, 6.45) is 1.90. The minimum absolute atomic E-state index is 0.119. The van der Waals surface area contributed by atoms with Crippen molar-refractivity contribution in [2.75, 3.05) is 31.1 Å². The van der Waals surface area contributed by atoms with Crippen molar-refractivity contribution in [2.24, 2.45) is 0 Å². The first kappa shape index (κ1) is 12.0. The largest absolute Gasteiger partial charge is 0.371 e. The highest BCUT2D eigenvalue weighted by molar-refractivity contribution is 6.01. The van der Waals surface area contributed by atoms with Gasteiger partial charge in [-0.3, -0.25) is 9.69 Å². The first-order valence-electron chi connectivity index (χ1n) is 6.67. The van der Waals surface area contributed by atoms with Crippen LogP contribution in [-0.2, 0) is 11.2 Å². The summed E-state index contributed by atoms with van der Waals surface area (Å²) in [5.74, 6) is -0.119. The Morgan fingerprint density at radius 2 is 2.00 bits per heavy atom. The summed E-state index contributed by atoms with van der Waals surface area (Å²) in [5, 5.41) is 2.54. The van der Waals surface area contributed by atoms with E-state index in [-0.39, 0.29) is 18.5 Å². The van der Waals surface area contributed by atoms with Crippen molar-refractivity contribution in [1.82, 2.24) is 10.2 Å². The average molecular weight is 259 g/mol. The average Bonchev–Trinajstić information content (AvgIpc) is 2.97. The molecule has 0 atom stereocenters. The normalized spacial score (nSPS) is 17.9. The maximum Gasteiger partial charge on any atom is 0.324 e. The Morgan fingerprint density at radius 1 is 1.16 bits per heavy atom. The summed E-state index contributed by atoms with van der Waals surface area (Å²) < 4.78 is 0. The third kappa shape index (κ3) is 2.28. The lowest BCUT2D eigenvalue weighted by Crippen LogP contribution is -2.34. The van der Waals surface area contributed by atoms with Crippen LogP contribution in [0.3, 0.4) is 0 Å². The van der Waals surface area contributed by atoms with Crippen LogP contribution in [0.4, 0.5) is 10.5 Å². The summed E-state index contributed by atoms with van der Waals surface area (Å²) in [6, 6.07) is 8.15. The van der Waals surface area contributed by atoms with Gasteiger partial charge in [0.1, 0.15) is 0 Å². The van der Waals surface area contributed by atoms with Crippen LogP contribution in [0.1, 0.15) is 12.0 Å². The van der Waals surface area contributed by atoms with E-state index in [1.54, 1.807) is 0 Å². The number of hydrogen-bond acceptors (Lipinski definition) is 3. The fourth-order valence-electron chi connectivity index (χ4n) is 2.74. The summed E-state index contributed by atoms with van der Waals surface area (Å²) in [4.78, 5) is 26.5. The monoisotopic (exact) mass is 259 g/mol. The SMILES string of the molecule is O=C1CNC(=O)N1CCCN1CCc2ccccc21. The molecule has 3 rings (SSSR count). The number of nitrogens with zero attached hydrogens (tertiary/aromatic N) is 2. The van der Waals surface area contributed by atoms with Crippen LogP contribution in [-0.4, -0.2) is 43.0 Å². The second-order valence-electron chi connectivity index (χ2n) is 4.92. The molecule has 0 spiro atoms. The molecule has 2 heterocycles. The smallest absolute Gasteiger partial charge is 0.324 e. The van der Waals surface area contributed by atoms with Crippen molar-refractivity contribution in [3.63, 3.8) is 0 Å². The van der Waals surface area contributed by atoms with Gasteiger partial charge in [0.25, 0.3) is 0 Å². The molecule has 5 heteroatoms. The Hall–Kier alpha value is -2.04. The third-order valence-corrected chi connectivity index (χ3v) is 3.73. The predicted octanol–water partition coefficient (Wildman–Crippen LogP) is 0.991. The van der Waals surface area contributed by atoms with Gasteiger partial charge in [0.2, 0.25) is 5.91 Å². The van der Waals surface area contributed by atoms with Gasteiger partial charge in [-0.2, -0.15) is 0 Å². The van der Waals surface area contributed by atoms with E-state index < -0.39 is 0 Å². The molecule has 5 nitrogen and oxygen atoms in total. The molecular weight excluding hydrogens is 242 g/mol. The van der Waals surface area contributed by atoms with Crippen molar-refractivity contribution in [2.45, 2.75) is 12.8 Å². The number of amides is 3. The number of rotatable bonds is 4. The zero-order valence-corrected chi connectivity index (χ0v) is 10.8. The van der Waals surface area contributed by atoms with Crippen molar-refractivity contribution in [3.8, 4) is 0 Å². The molecular formula is C14H17N3O2. The second-order valence-corrected chi connectivity index (χ2v) is 4.92. The van der Waals surface area contributed by atoms with Gasteiger partial charge in [0.15, 0.2) is 0 Å². The Morgan fingerprint density at radius 3 is 2.79 bits per heavy atom. The zero-order valence-electron chi connectivity index (χ0n) is 10.8. The number of para-hydroxylation sites is 1. The van der Waals surface area contributed by atoms with Gasteiger partial charge in [-0.1, -0.05) is 18.2 Å². The molecule has 2 aliphatic heterocycles. The van der Waals surface area contributed by atoms with E-state index in [1.807, 2.05) is 0 Å². The molecule has 1 aromatic carbocycles. The van der Waals surface area contributed by atoms with Gasteiger partial charge < -0.3 is 10.2 Å². The summed E-state index contributed by atoms with van der Waals surface area (Å²) in [6.45, 7) is 2.56. The molecule has 2 aliphatic rings. The molecule has 0 unspecified atom stereocenters. The molecule has 0 radical (unpaired) electrons. The molecule has 0 aromatic heterocycles. The topological polar surface area (TPSA) is 52.7 Å². The molecule has 0 bridgehead atoms. The van der Waals surface area contributed by atoms with Gasteiger partial charge in [-0.15, -0.1) is 0 Å². The Kier molecular flexibility index (Phi) is 3.11. The number of carbonyl (C=O) groups excluding carboxylic acids is 2. The number of fused-ring (bicyclic) bond motifs is 1. The van der Waals surface area contributed by atoms with Gasteiger partial charge in [-0.05, 0) is 24.5 Å². The highest BCUT2D eigenvalue weighted by Crippen LogP contribution is 2.27. The van der Waals surface area contributed by atoms with Crippen molar-refractivity contribution in [1.29, 1.82) is 0 Å². The molecule has 0 saturated carbocycles. The van der Waals surface area contributed by atoms with E-state index in [9.17, 15) is 9.59 Å². The highest BCUT2D eigenvalue weighted by Gasteiger charge is 2.28. The van der Waals surface area contributed by atoms with Crippen LogP contribution < -0.4 is 10.2 Å². The molecule has 1 aromatic rings. The van der Waals surface area contributed by atoms with Gasteiger partial charge >= 0.3 is 6.03 Å². The van der Waals surface area contributed by atoms with E-state index in [0.29, 0.717) is 6.54 Å². The molecule has 100 valence electrons. The Labute approximate surface area is 112 Å². The first-order chi connectivity index (χ1) is 9.25. The fraction of sp³-hybridized carbons (Fsp3) is 0.429. The molecule has 3 amide bonds. The molecule has 1 N–H and O–H groups in total. The minimum atomic E-state index is -0.258. The van der Waals surface area contributed by atoms with E-state index in [2.05, 4.69) is 34.5 Å². The highest BCUT2D eigenvalue weighted by atomic mass is 16.2. The van der Waals surface area contributed by atoms with Crippen LogP contribution in [0, 0.1) is 0 Å². The fourth-order valence-corrected chi connectivity index (χ4v) is 2.74.